The van der Waals surface area contributed by atoms with Gasteiger partial charge in [-0.05, 0) is 0 Å². The summed E-state index contributed by atoms with van der Waals surface area (Å²) in [5.41, 5.74) is 0. The van der Waals surface area contributed by atoms with Gasteiger partial charge in [0, 0.05) is 0 Å². The van der Waals surface area contributed by atoms with E-state index in [1.54, 1.807) is 0 Å². The fourth-order valence-electron chi connectivity index (χ4n) is 0.602. The first-order valence-electron chi connectivity index (χ1n) is 3.33. The molecule has 7 nitrogen and oxygen atoms in total. The zero-order valence-corrected chi connectivity index (χ0v) is 6.79. The Kier molecular flexibility index (Phi) is 7.92. The average molecular weight is 198 g/mol. The summed E-state index contributed by atoms with van der Waals surface area (Å²) in [7, 11) is 0. The molecular formula is C6H14O7. The molecule has 0 fully saturated rings. The highest BCUT2D eigenvalue weighted by molar-refractivity contribution is 5.84. The lowest BCUT2D eigenvalue weighted by Crippen LogP contribution is -2.44. The Morgan fingerprint density at radius 1 is 1.15 bits per heavy atom. The first-order valence-corrected chi connectivity index (χ1v) is 3.33. The maximum atomic E-state index is 10.5. The van der Waals surface area contributed by atoms with E-state index in [9.17, 15) is 4.79 Å². The SMILES string of the molecule is O.O=C(CO)[C@@H](O)[C@@H](O)[C@H](O)CO. The molecule has 0 radical (unpaired) electrons. The Bertz CT molecular complexity index is 148. The molecule has 0 aliphatic heterocycles. The van der Waals surface area contributed by atoms with Gasteiger partial charge in [-0.2, -0.15) is 0 Å². The van der Waals surface area contributed by atoms with E-state index >= 15 is 0 Å². The van der Waals surface area contributed by atoms with Crippen LogP contribution in [0.3, 0.4) is 0 Å². The van der Waals surface area contributed by atoms with Gasteiger partial charge in [-0.1, -0.05) is 0 Å². The lowest BCUT2D eigenvalue weighted by molar-refractivity contribution is -0.142. The van der Waals surface area contributed by atoms with Crippen molar-refractivity contribution in [3.8, 4) is 0 Å². The molecule has 0 amide bonds. The third-order valence-corrected chi connectivity index (χ3v) is 1.39. The van der Waals surface area contributed by atoms with E-state index in [2.05, 4.69) is 0 Å². The highest BCUT2D eigenvalue weighted by Gasteiger charge is 2.28. The number of ketones is 1. The molecule has 7 heteroatoms. The number of aliphatic hydroxyl groups excluding tert-OH is 5. The molecule has 0 aromatic heterocycles. The van der Waals surface area contributed by atoms with Crippen LogP contribution in [0.1, 0.15) is 0 Å². The van der Waals surface area contributed by atoms with Crippen molar-refractivity contribution in [2.24, 2.45) is 0 Å². The molecular weight excluding hydrogens is 184 g/mol. The average Bonchev–Trinajstić information content (AvgIpc) is 2.12. The van der Waals surface area contributed by atoms with E-state index in [4.69, 9.17) is 25.5 Å². The fourth-order valence-corrected chi connectivity index (χ4v) is 0.602. The standard InChI is InChI=1S/C6H12O6.H2O/c7-1-3(9)5(11)6(12)4(10)2-8;/h3,5-9,11-12H,1-2H2;1H2/t3-,5+,6-;/m1./s1. The van der Waals surface area contributed by atoms with Crippen molar-refractivity contribution < 1.29 is 35.8 Å². The molecule has 0 aromatic carbocycles. The monoisotopic (exact) mass is 198 g/mol. The Balaban J connectivity index is 0. The van der Waals surface area contributed by atoms with Crippen LogP contribution in [0, 0.1) is 0 Å². The first-order chi connectivity index (χ1) is 5.54. The molecule has 80 valence electrons. The highest BCUT2D eigenvalue weighted by atomic mass is 16.4. The molecule has 0 saturated carbocycles. The van der Waals surface area contributed by atoms with Gasteiger partial charge in [-0.15, -0.1) is 0 Å². The number of rotatable bonds is 5. The molecule has 7 N–H and O–H groups in total. The van der Waals surface area contributed by atoms with Crippen LogP contribution in [0.4, 0.5) is 0 Å². The van der Waals surface area contributed by atoms with Gasteiger partial charge in [0.05, 0.1) is 6.61 Å². The third-order valence-electron chi connectivity index (χ3n) is 1.39. The molecule has 3 atom stereocenters. The minimum atomic E-state index is -1.86. The number of hydrogen-bond acceptors (Lipinski definition) is 6. The molecule has 0 aliphatic carbocycles. The molecule has 0 bridgehead atoms. The van der Waals surface area contributed by atoms with Crippen molar-refractivity contribution >= 4 is 5.78 Å². The zero-order valence-electron chi connectivity index (χ0n) is 6.79. The molecule has 13 heavy (non-hydrogen) atoms. The van der Waals surface area contributed by atoms with E-state index in [-0.39, 0.29) is 5.48 Å². The minimum absolute atomic E-state index is 0. The second-order valence-electron chi connectivity index (χ2n) is 2.31. The Labute approximate surface area is 74.2 Å². The van der Waals surface area contributed by atoms with Gasteiger partial charge in [0.25, 0.3) is 0 Å². The Hall–Kier alpha value is -0.570. The number of hydrogen-bond donors (Lipinski definition) is 5. The second kappa shape index (κ2) is 6.89. The zero-order chi connectivity index (χ0) is 9.72. The molecule has 0 aromatic rings. The van der Waals surface area contributed by atoms with Crippen LogP contribution in [-0.2, 0) is 4.79 Å². The molecule has 0 heterocycles. The molecule has 0 unspecified atom stereocenters. The summed E-state index contributed by atoms with van der Waals surface area (Å²) in [6, 6.07) is 0. The summed E-state index contributed by atoms with van der Waals surface area (Å²) in [5, 5.41) is 43.1. The first kappa shape index (κ1) is 14.9. The number of carbonyl (C=O) groups excluding carboxylic acids is 1. The molecule has 0 spiro atoms. The summed E-state index contributed by atoms with van der Waals surface area (Å²) in [4.78, 5) is 10.5. The predicted octanol–water partition coefficient (Wildman–Crippen LogP) is -4.20. The van der Waals surface area contributed by atoms with Crippen LogP contribution >= 0.6 is 0 Å². The van der Waals surface area contributed by atoms with Crippen LogP contribution in [-0.4, -0.2) is 68.3 Å². The van der Waals surface area contributed by atoms with Gasteiger partial charge in [0.15, 0.2) is 5.78 Å². The molecule has 0 saturated heterocycles. The number of carbonyl (C=O) groups is 1. The van der Waals surface area contributed by atoms with Crippen molar-refractivity contribution in [1.29, 1.82) is 0 Å². The van der Waals surface area contributed by atoms with Crippen LogP contribution in [0.15, 0.2) is 0 Å². The predicted molar refractivity (Wildman–Crippen MR) is 40.8 cm³/mol. The van der Waals surface area contributed by atoms with E-state index in [1.165, 1.54) is 0 Å². The van der Waals surface area contributed by atoms with E-state index in [0.717, 1.165) is 0 Å². The maximum absolute atomic E-state index is 10.5. The largest absolute Gasteiger partial charge is 0.412 e. The van der Waals surface area contributed by atoms with Crippen LogP contribution in [0.2, 0.25) is 0 Å². The normalized spacial score (nSPS) is 17.0. The van der Waals surface area contributed by atoms with Crippen LogP contribution < -0.4 is 0 Å². The van der Waals surface area contributed by atoms with Gasteiger partial charge < -0.3 is 31.0 Å². The van der Waals surface area contributed by atoms with Crippen molar-refractivity contribution in [2.75, 3.05) is 13.2 Å². The number of aliphatic hydroxyl groups is 5. The van der Waals surface area contributed by atoms with E-state index in [1.807, 2.05) is 0 Å². The number of Topliss-reactive ketones (excluding diaryl/α,β-unsaturated/α-hetero) is 1. The Morgan fingerprint density at radius 2 is 1.62 bits per heavy atom. The topological polar surface area (TPSA) is 150 Å². The lowest BCUT2D eigenvalue weighted by Gasteiger charge is -2.19. The van der Waals surface area contributed by atoms with Crippen molar-refractivity contribution in [3.63, 3.8) is 0 Å². The summed E-state index contributed by atoms with van der Waals surface area (Å²) < 4.78 is 0. The van der Waals surface area contributed by atoms with Gasteiger partial charge in [0.1, 0.15) is 24.9 Å². The summed E-state index contributed by atoms with van der Waals surface area (Å²) in [6.45, 7) is -1.69. The maximum Gasteiger partial charge on any atom is 0.189 e. The summed E-state index contributed by atoms with van der Waals surface area (Å²) in [5.74, 6) is -1.00. The van der Waals surface area contributed by atoms with Crippen LogP contribution in [0.5, 0.6) is 0 Å². The highest BCUT2D eigenvalue weighted by Crippen LogP contribution is 2.00. The van der Waals surface area contributed by atoms with Gasteiger partial charge >= 0.3 is 0 Å². The van der Waals surface area contributed by atoms with Crippen LogP contribution in [0.25, 0.3) is 0 Å². The second-order valence-corrected chi connectivity index (χ2v) is 2.31. The van der Waals surface area contributed by atoms with Crippen molar-refractivity contribution in [3.05, 3.63) is 0 Å². The van der Waals surface area contributed by atoms with Crippen molar-refractivity contribution in [2.45, 2.75) is 18.3 Å². The summed E-state index contributed by atoms with van der Waals surface area (Å²) in [6.07, 6.45) is -5.22. The fraction of sp³-hybridized carbons (Fsp3) is 0.833. The van der Waals surface area contributed by atoms with E-state index in [0.29, 0.717) is 0 Å². The Morgan fingerprint density at radius 3 is 1.92 bits per heavy atom. The minimum Gasteiger partial charge on any atom is -0.412 e. The van der Waals surface area contributed by atoms with E-state index < -0.39 is 37.3 Å². The molecule has 0 rings (SSSR count). The van der Waals surface area contributed by atoms with Crippen molar-refractivity contribution in [1.82, 2.24) is 0 Å². The van der Waals surface area contributed by atoms with Gasteiger partial charge in [-0.25, -0.2) is 0 Å². The smallest absolute Gasteiger partial charge is 0.189 e. The quantitative estimate of drug-likeness (QED) is 0.302. The molecule has 0 aliphatic rings. The van der Waals surface area contributed by atoms with Gasteiger partial charge in [-0.3, -0.25) is 4.79 Å². The summed E-state index contributed by atoms with van der Waals surface area (Å²) >= 11 is 0. The lowest BCUT2D eigenvalue weighted by atomic mass is 10.1. The van der Waals surface area contributed by atoms with Gasteiger partial charge in [0.2, 0.25) is 0 Å². The third kappa shape index (κ3) is 4.27.